The Balaban J connectivity index is 2.26. The maximum Gasteiger partial charge on any atom is 0.343 e. The summed E-state index contributed by atoms with van der Waals surface area (Å²) in [6, 6.07) is 2.95. The van der Waals surface area contributed by atoms with Gasteiger partial charge in [-0.25, -0.2) is 4.79 Å². The zero-order valence-corrected chi connectivity index (χ0v) is 11.7. The molecule has 3 rings (SSSR count). The van der Waals surface area contributed by atoms with Crippen molar-refractivity contribution in [2.45, 2.75) is 31.2 Å². The number of phenolic OH excluding ortho intramolecular Hbond substituents is 1. The molecular formula is C15H16O6. The van der Waals surface area contributed by atoms with E-state index >= 15 is 0 Å². The van der Waals surface area contributed by atoms with Crippen LogP contribution in [0.25, 0.3) is 5.57 Å². The zero-order chi connectivity index (χ0) is 15.4. The summed E-state index contributed by atoms with van der Waals surface area (Å²) in [5.41, 5.74) is 0.0189. The third-order valence-corrected chi connectivity index (χ3v) is 4.04. The van der Waals surface area contributed by atoms with E-state index in [0.29, 0.717) is 16.9 Å². The summed E-state index contributed by atoms with van der Waals surface area (Å²) in [4.78, 5) is 12.2. The van der Waals surface area contributed by atoms with Gasteiger partial charge in [0.2, 0.25) is 0 Å². The van der Waals surface area contributed by atoms with Gasteiger partial charge in [0.1, 0.15) is 22.7 Å². The number of esters is 1. The van der Waals surface area contributed by atoms with Crippen molar-refractivity contribution in [1.82, 2.24) is 0 Å². The van der Waals surface area contributed by atoms with Crippen molar-refractivity contribution in [2.24, 2.45) is 0 Å². The molecule has 1 aromatic rings. The van der Waals surface area contributed by atoms with Crippen LogP contribution in [0.3, 0.4) is 0 Å². The van der Waals surface area contributed by atoms with Crippen LogP contribution < -0.4 is 4.74 Å². The lowest BCUT2D eigenvalue weighted by Crippen LogP contribution is -2.47. The molecular weight excluding hydrogens is 276 g/mol. The molecule has 1 heterocycles. The molecule has 3 atom stereocenters. The molecule has 0 amide bonds. The quantitative estimate of drug-likeness (QED) is 0.664. The summed E-state index contributed by atoms with van der Waals surface area (Å²) in [5, 5.41) is 29.7. The predicted octanol–water partition coefficient (Wildman–Crippen LogP) is 0.839. The van der Waals surface area contributed by atoms with Crippen LogP contribution in [0.2, 0.25) is 0 Å². The first-order valence-corrected chi connectivity index (χ1v) is 6.59. The molecule has 0 unspecified atom stereocenters. The van der Waals surface area contributed by atoms with Gasteiger partial charge in [-0.3, -0.25) is 0 Å². The van der Waals surface area contributed by atoms with Crippen molar-refractivity contribution in [1.29, 1.82) is 0 Å². The monoisotopic (exact) mass is 292 g/mol. The van der Waals surface area contributed by atoms with Crippen LogP contribution in [0.5, 0.6) is 11.5 Å². The number of phenols is 1. The molecule has 2 aliphatic rings. The molecule has 1 aliphatic heterocycles. The van der Waals surface area contributed by atoms with E-state index in [4.69, 9.17) is 9.47 Å². The molecule has 0 saturated carbocycles. The minimum atomic E-state index is -1.05. The fourth-order valence-electron chi connectivity index (χ4n) is 2.96. The molecule has 0 spiro atoms. The molecule has 6 heteroatoms. The smallest absolute Gasteiger partial charge is 0.343 e. The van der Waals surface area contributed by atoms with E-state index in [1.807, 2.05) is 0 Å². The van der Waals surface area contributed by atoms with Gasteiger partial charge in [-0.15, -0.1) is 0 Å². The second-order valence-electron chi connectivity index (χ2n) is 5.53. The van der Waals surface area contributed by atoms with E-state index in [1.54, 1.807) is 13.0 Å². The minimum absolute atomic E-state index is 0.0446. The van der Waals surface area contributed by atoms with E-state index < -0.39 is 23.8 Å². The highest BCUT2D eigenvalue weighted by molar-refractivity contribution is 6.03. The third kappa shape index (κ3) is 1.99. The standard InChI is InChI=1S/C15H16O6/c1-15-6-12(18)10(16)5-9(15)8-3-7(20-2)4-11(17)13(8)14(19)21-15/h3-5,10,12,16-18H,6H2,1-2H3/t10-,12+,15+/m1/s1. The van der Waals surface area contributed by atoms with Crippen LogP contribution in [0.15, 0.2) is 18.2 Å². The highest BCUT2D eigenvalue weighted by Gasteiger charge is 2.47. The molecule has 0 saturated heterocycles. The van der Waals surface area contributed by atoms with Gasteiger partial charge in [0, 0.05) is 23.6 Å². The van der Waals surface area contributed by atoms with Crippen molar-refractivity contribution in [3.63, 3.8) is 0 Å². The average Bonchev–Trinajstić information content (AvgIpc) is 2.40. The molecule has 1 aromatic carbocycles. The van der Waals surface area contributed by atoms with Crippen molar-refractivity contribution in [3.8, 4) is 11.5 Å². The van der Waals surface area contributed by atoms with Crippen molar-refractivity contribution >= 4 is 11.5 Å². The van der Waals surface area contributed by atoms with Gasteiger partial charge in [0.05, 0.1) is 19.3 Å². The largest absolute Gasteiger partial charge is 0.507 e. The zero-order valence-electron chi connectivity index (χ0n) is 11.7. The molecule has 3 N–H and O–H groups in total. The maximum absolute atomic E-state index is 12.2. The Labute approximate surface area is 121 Å². The Morgan fingerprint density at radius 2 is 2.10 bits per heavy atom. The summed E-state index contributed by atoms with van der Waals surface area (Å²) >= 11 is 0. The van der Waals surface area contributed by atoms with E-state index in [0.717, 1.165) is 0 Å². The van der Waals surface area contributed by atoms with E-state index in [2.05, 4.69) is 0 Å². The van der Waals surface area contributed by atoms with Crippen LogP contribution >= 0.6 is 0 Å². The molecule has 0 fully saturated rings. The number of carbonyl (C=O) groups is 1. The van der Waals surface area contributed by atoms with Gasteiger partial charge in [0.15, 0.2) is 0 Å². The van der Waals surface area contributed by atoms with E-state index in [-0.39, 0.29) is 17.7 Å². The molecule has 0 bridgehead atoms. The lowest BCUT2D eigenvalue weighted by molar-refractivity contribution is -0.0387. The number of methoxy groups -OCH3 is 1. The van der Waals surface area contributed by atoms with Gasteiger partial charge in [-0.05, 0) is 19.1 Å². The SMILES string of the molecule is COc1cc(O)c2c(c1)C1=C[C@@H](O)[C@@H](O)C[C@]1(C)OC2=O. The fourth-order valence-corrected chi connectivity index (χ4v) is 2.96. The van der Waals surface area contributed by atoms with E-state index in [9.17, 15) is 20.1 Å². The Hall–Kier alpha value is -2.05. The number of fused-ring (bicyclic) bond motifs is 3. The lowest BCUT2D eigenvalue weighted by Gasteiger charge is -2.42. The Morgan fingerprint density at radius 3 is 2.76 bits per heavy atom. The number of aliphatic hydroxyl groups excluding tert-OH is 2. The molecule has 21 heavy (non-hydrogen) atoms. The van der Waals surface area contributed by atoms with Crippen LogP contribution in [0.1, 0.15) is 29.3 Å². The summed E-state index contributed by atoms with van der Waals surface area (Å²) in [7, 11) is 1.45. The molecule has 0 radical (unpaired) electrons. The maximum atomic E-state index is 12.2. The summed E-state index contributed by atoms with van der Waals surface area (Å²) in [6.45, 7) is 1.67. The number of benzene rings is 1. The summed E-state index contributed by atoms with van der Waals surface area (Å²) < 4.78 is 10.5. The minimum Gasteiger partial charge on any atom is -0.507 e. The van der Waals surface area contributed by atoms with Crippen LogP contribution in [-0.2, 0) is 4.74 Å². The van der Waals surface area contributed by atoms with Crippen LogP contribution in [0, 0.1) is 0 Å². The number of hydrogen-bond acceptors (Lipinski definition) is 6. The van der Waals surface area contributed by atoms with Crippen LogP contribution in [-0.4, -0.2) is 46.2 Å². The summed E-state index contributed by atoms with van der Waals surface area (Å²) in [6.07, 6.45) is -0.514. The van der Waals surface area contributed by atoms with Crippen molar-refractivity contribution in [3.05, 3.63) is 29.3 Å². The van der Waals surface area contributed by atoms with Gasteiger partial charge in [0.25, 0.3) is 0 Å². The topological polar surface area (TPSA) is 96.2 Å². The number of carbonyl (C=O) groups excluding carboxylic acids is 1. The Bertz CT molecular complexity index is 650. The Kier molecular flexibility index (Phi) is 2.96. The first-order valence-electron chi connectivity index (χ1n) is 6.59. The highest BCUT2D eigenvalue weighted by Crippen LogP contribution is 2.47. The number of rotatable bonds is 1. The number of aliphatic hydroxyl groups is 2. The summed E-state index contributed by atoms with van der Waals surface area (Å²) in [5.74, 6) is -0.504. The molecule has 6 nitrogen and oxygen atoms in total. The third-order valence-electron chi connectivity index (χ3n) is 4.04. The van der Waals surface area contributed by atoms with Crippen molar-refractivity contribution < 1.29 is 29.6 Å². The highest BCUT2D eigenvalue weighted by atomic mass is 16.6. The lowest BCUT2D eigenvalue weighted by atomic mass is 9.75. The van der Waals surface area contributed by atoms with Gasteiger partial charge in [-0.2, -0.15) is 0 Å². The predicted molar refractivity (Wildman–Crippen MR) is 73.1 cm³/mol. The second-order valence-corrected chi connectivity index (χ2v) is 5.53. The molecule has 1 aliphatic carbocycles. The number of ether oxygens (including phenoxy) is 2. The number of aromatic hydroxyl groups is 1. The van der Waals surface area contributed by atoms with Gasteiger partial charge < -0.3 is 24.8 Å². The average molecular weight is 292 g/mol. The molecule has 112 valence electrons. The van der Waals surface area contributed by atoms with Crippen molar-refractivity contribution in [2.75, 3.05) is 7.11 Å². The molecule has 0 aromatic heterocycles. The first-order chi connectivity index (χ1) is 9.85. The fraction of sp³-hybridized carbons (Fsp3) is 0.400. The number of hydrogen-bond donors (Lipinski definition) is 3. The normalized spacial score (nSPS) is 30.9. The van der Waals surface area contributed by atoms with E-state index in [1.165, 1.54) is 19.3 Å². The van der Waals surface area contributed by atoms with Gasteiger partial charge in [-0.1, -0.05) is 0 Å². The van der Waals surface area contributed by atoms with Crippen LogP contribution in [0.4, 0.5) is 0 Å². The Morgan fingerprint density at radius 1 is 1.38 bits per heavy atom. The van der Waals surface area contributed by atoms with Gasteiger partial charge >= 0.3 is 5.97 Å². The first kappa shape index (κ1) is 13.9. The second kappa shape index (κ2) is 4.47.